The van der Waals surface area contributed by atoms with Crippen molar-refractivity contribution in [1.82, 2.24) is 45.2 Å². The van der Waals surface area contributed by atoms with Gasteiger partial charge in [-0.05, 0) is 129 Å². The van der Waals surface area contributed by atoms with Crippen LogP contribution in [0.5, 0.6) is 0 Å². The highest BCUT2D eigenvalue weighted by molar-refractivity contribution is 7.30. The molecule has 3 aromatic carbocycles. The van der Waals surface area contributed by atoms with Gasteiger partial charge < -0.3 is 36.5 Å². The van der Waals surface area contributed by atoms with Crippen LogP contribution in [0.15, 0.2) is 77.2 Å². The van der Waals surface area contributed by atoms with Gasteiger partial charge in [0.2, 0.25) is 35.4 Å². The largest absolute Gasteiger partial charge is 0.692 e. The van der Waals surface area contributed by atoms with Crippen LogP contribution in [0, 0.1) is 11.8 Å². The molecule has 1 saturated carbocycles. The fourth-order valence-corrected chi connectivity index (χ4v) is 11.7. The monoisotopic (exact) mass is 1170 g/mol. The van der Waals surface area contributed by atoms with Crippen molar-refractivity contribution < 1.29 is 57.5 Å². The maximum absolute atomic E-state index is 15.0. The number of hydrogen-bond acceptors (Lipinski definition) is 11. The number of piperidine rings is 1. The third kappa shape index (κ3) is 14.1. The number of nitrogens with two attached hydrogens (primary N) is 1. The summed E-state index contributed by atoms with van der Waals surface area (Å²) in [6, 6.07) is 13.4. The van der Waals surface area contributed by atoms with Crippen LogP contribution in [-0.2, 0) is 58.1 Å². The third-order valence-electron chi connectivity index (χ3n) is 15.9. The summed E-state index contributed by atoms with van der Waals surface area (Å²) in [5.74, 6) is -3.95. The summed E-state index contributed by atoms with van der Waals surface area (Å²) in [5.41, 5.74) is 10.8. The van der Waals surface area contributed by atoms with E-state index in [2.05, 4.69) is 26.3 Å². The average Bonchev–Trinajstić information content (AvgIpc) is 3.23. The number of halogens is 1. The molecule has 1 aliphatic carbocycles. The maximum Gasteiger partial charge on any atom is 0.692 e. The van der Waals surface area contributed by atoms with Gasteiger partial charge in [0.25, 0.3) is 11.8 Å². The Morgan fingerprint density at radius 1 is 0.927 bits per heavy atom. The second kappa shape index (κ2) is 26.4. The number of carbonyl (C=O) groups is 9. The molecule has 5 aromatic rings. The lowest BCUT2D eigenvalue weighted by molar-refractivity contribution is -0.144. The molecule has 25 heteroatoms. The first-order valence-corrected chi connectivity index (χ1v) is 28.9. The predicted octanol–water partition coefficient (Wildman–Crippen LogP) is 4.34. The van der Waals surface area contributed by atoms with E-state index >= 15 is 0 Å². The number of aldehydes is 1. The van der Waals surface area contributed by atoms with Crippen LogP contribution in [0.4, 0.5) is 0 Å². The van der Waals surface area contributed by atoms with E-state index in [-0.39, 0.29) is 93.2 Å². The molecular weight excluding hydrogens is 1100 g/mol. The zero-order valence-electron chi connectivity index (χ0n) is 45.7. The minimum absolute atomic E-state index is 0.0430. The van der Waals surface area contributed by atoms with Gasteiger partial charge in [-0.2, -0.15) is 0 Å². The highest BCUT2D eigenvalue weighted by atomic mass is 35.5. The van der Waals surface area contributed by atoms with Gasteiger partial charge in [-0.1, -0.05) is 49.7 Å². The van der Waals surface area contributed by atoms with Crippen LogP contribution in [-0.4, -0.2) is 118 Å². The molecule has 4 atom stereocenters. The molecule has 434 valence electrons. The predicted molar refractivity (Wildman–Crippen MR) is 302 cm³/mol. The first-order valence-electron chi connectivity index (χ1n) is 27.3. The van der Waals surface area contributed by atoms with Gasteiger partial charge in [-0.15, -0.1) is 9.79 Å². The lowest BCUT2D eigenvalue weighted by Crippen LogP contribution is -2.60. The van der Waals surface area contributed by atoms with Gasteiger partial charge >= 0.3 is 13.9 Å². The molecule has 3 aliphatic heterocycles. The first-order chi connectivity index (χ1) is 39.1. The highest BCUT2D eigenvalue weighted by Crippen LogP contribution is 2.35. The molecule has 0 bridgehead atoms. The number of rotatable bonds is 17. The second-order valence-corrected chi connectivity index (χ2v) is 22.6. The van der Waals surface area contributed by atoms with Gasteiger partial charge in [0.1, 0.15) is 36.1 Å². The number of H-pyrrole nitrogens is 1. The Morgan fingerprint density at radius 2 is 1.67 bits per heavy atom. The summed E-state index contributed by atoms with van der Waals surface area (Å²) < 4.78 is 11.7. The molecule has 9 N–H and O–H groups in total. The van der Waals surface area contributed by atoms with Gasteiger partial charge in [-0.25, -0.2) is 4.79 Å². The SMILES string of the molecule is CC(C)c1ccc(CNC(=O)[C@H](CCC(N)=O)NC(=O)[C@@H]2CC=C3CCN(C(=O)C4CCC(CCc5ccc6c(c5)n(C)c(=O)n6C5CCC(=O)NC5=O)CC4)C[C@H](NC(=O)c4cc5cc(C=O)ccc5[nH]4)C(=O)N32)c(Cl)c1.O=[P+](O)O. The summed E-state index contributed by atoms with van der Waals surface area (Å²) in [6.07, 6.45) is 7.22. The highest BCUT2D eigenvalue weighted by Gasteiger charge is 2.44. The number of aromatic amines is 1. The van der Waals surface area contributed by atoms with Crippen molar-refractivity contribution >= 4 is 95.3 Å². The second-order valence-electron chi connectivity index (χ2n) is 21.7. The van der Waals surface area contributed by atoms with Crippen LogP contribution in [0.1, 0.15) is 134 Å². The molecule has 0 spiro atoms. The number of aromatic nitrogens is 3. The minimum atomic E-state index is -2.87. The van der Waals surface area contributed by atoms with Crippen LogP contribution in [0.3, 0.4) is 0 Å². The number of imidazole rings is 1. The van der Waals surface area contributed by atoms with Crippen LogP contribution >= 0.6 is 19.9 Å². The van der Waals surface area contributed by atoms with Gasteiger partial charge in [0.15, 0.2) is 0 Å². The van der Waals surface area contributed by atoms with Gasteiger partial charge in [-0.3, -0.25) is 57.6 Å². The number of primary amides is 1. The standard InChI is InChI=1S/C57H65ClN10O10.HO3P/c1-31(2)36-12-13-37(40(58)26-36)28-60-51(72)42(16-20-49(59)70)62-53(74)46-18-14-39-22-23-66(29-44(56(77)67(39)46)63-52(73)43-27-38-24-34(30-69)8-15-41(38)61-43)55(76)35-10-6-32(7-11-35)4-5-33-9-17-45-48(25-33)65(3)57(78)68(45)47-19-21-50(71)64-54(47)75;1-4(2)3/h8-9,12-15,17,24-27,30-32,35,42,44,46-47,61H,4-7,10-11,16,18-23,28-29H2,1-3H3,(H2,59,70)(H,60,72)(H,62,74)(H,63,73)(H,64,71,75);(H-,1,2,3)/p+1/t32?,35?,42-,44-,46-,47?;/m0./s1. The average molecular weight is 1170 g/mol. The Hall–Kier alpha value is -7.85. The Labute approximate surface area is 477 Å². The van der Waals surface area contributed by atoms with Crippen molar-refractivity contribution in [3.8, 4) is 0 Å². The fraction of sp³-hybridized carbons (Fsp3) is 0.439. The molecule has 3 fully saturated rings. The van der Waals surface area contributed by atoms with E-state index in [1.54, 1.807) is 42.3 Å². The van der Waals surface area contributed by atoms with E-state index in [1.165, 1.54) is 14.0 Å². The molecule has 23 nitrogen and oxygen atoms in total. The van der Waals surface area contributed by atoms with Crippen LogP contribution < -0.4 is 32.7 Å². The normalized spacial score (nSPS) is 20.4. The zero-order chi connectivity index (χ0) is 59.1. The first kappa shape index (κ1) is 60.3. The van der Waals surface area contributed by atoms with E-state index in [1.807, 2.05) is 50.2 Å². The number of nitrogens with zero attached hydrogens (tertiary/aromatic N) is 4. The Bertz CT molecular complexity index is 3450. The number of hydrogen-bond donors (Lipinski definition) is 8. The topological polar surface area (TPSA) is 334 Å². The molecule has 9 rings (SSSR count). The number of carbonyl (C=O) groups excluding carboxylic acids is 9. The molecule has 82 heavy (non-hydrogen) atoms. The Kier molecular flexibility index (Phi) is 19.4. The number of benzene rings is 3. The smallest absolute Gasteiger partial charge is 0.370 e. The van der Waals surface area contributed by atoms with Crippen molar-refractivity contribution in [1.29, 1.82) is 0 Å². The molecule has 1 unspecified atom stereocenters. The number of amides is 8. The van der Waals surface area contributed by atoms with Crippen molar-refractivity contribution in [3.05, 3.63) is 116 Å². The summed E-state index contributed by atoms with van der Waals surface area (Å²) in [6.45, 7) is 4.13. The van der Waals surface area contributed by atoms with E-state index in [9.17, 15) is 47.9 Å². The van der Waals surface area contributed by atoms with Crippen LogP contribution in [0.25, 0.3) is 21.9 Å². The van der Waals surface area contributed by atoms with Crippen molar-refractivity contribution in [3.63, 3.8) is 0 Å². The van der Waals surface area contributed by atoms with Gasteiger partial charge in [0.05, 0.1) is 11.0 Å². The quantitative estimate of drug-likeness (QED) is 0.0366. The zero-order valence-corrected chi connectivity index (χ0v) is 47.3. The maximum atomic E-state index is 15.0. The molecule has 2 aromatic heterocycles. The summed E-state index contributed by atoms with van der Waals surface area (Å²) in [7, 11) is -1.20. The van der Waals surface area contributed by atoms with Crippen molar-refractivity contribution in [2.45, 2.75) is 128 Å². The Balaban J connectivity index is 0.00000213. The number of aryl methyl sites for hydroxylation is 2. The molecule has 2 saturated heterocycles. The van der Waals surface area contributed by atoms with E-state index in [4.69, 9.17) is 31.7 Å². The lowest BCUT2D eigenvalue weighted by Gasteiger charge is -2.39. The molecule has 5 heterocycles. The summed E-state index contributed by atoms with van der Waals surface area (Å²) in [5, 5.41) is 11.8. The third-order valence-corrected chi connectivity index (χ3v) is 16.3. The van der Waals surface area contributed by atoms with Gasteiger partial charge in [0, 0.05) is 83.6 Å². The van der Waals surface area contributed by atoms with E-state index in [0.717, 1.165) is 36.8 Å². The number of imide groups is 1. The van der Waals surface area contributed by atoms with E-state index < -0.39 is 67.9 Å². The molecular formula is C57H67ClN10O13P+. The molecule has 0 radical (unpaired) electrons. The summed E-state index contributed by atoms with van der Waals surface area (Å²) in [4.78, 5) is 153. The number of fused-ring (bicyclic) bond motifs is 3. The van der Waals surface area contributed by atoms with E-state index in [0.29, 0.717) is 68.8 Å². The van der Waals surface area contributed by atoms with Crippen molar-refractivity contribution in [2.24, 2.45) is 24.6 Å². The molecule has 8 amide bonds. The number of nitrogens with one attached hydrogen (secondary N) is 5. The lowest BCUT2D eigenvalue weighted by atomic mass is 9.79. The minimum Gasteiger partial charge on any atom is -0.370 e. The summed E-state index contributed by atoms with van der Waals surface area (Å²) >= 11 is 6.55. The van der Waals surface area contributed by atoms with Crippen LogP contribution in [0.2, 0.25) is 5.02 Å². The fourth-order valence-electron chi connectivity index (χ4n) is 11.4. The Morgan fingerprint density at radius 3 is 2.35 bits per heavy atom. The molecule has 4 aliphatic rings. The van der Waals surface area contributed by atoms with Crippen molar-refractivity contribution in [2.75, 3.05) is 13.1 Å².